The first-order chi connectivity index (χ1) is 10.9. The molecular formula is C17H21NO5. The van der Waals surface area contributed by atoms with E-state index in [1.54, 1.807) is 18.2 Å². The van der Waals surface area contributed by atoms with Gasteiger partial charge < -0.3 is 14.7 Å². The van der Waals surface area contributed by atoms with Crippen molar-refractivity contribution in [1.82, 2.24) is 4.90 Å². The number of methoxy groups -OCH3 is 1. The summed E-state index contributed by atoms with van der Waals surface area (Å²) in [5, 5.41) is 9.28. The summed E-state index contributed by atoms with van der Waals surface area (Å²) in [6.45, 7) is 1.91. The molecule has 1 aliphatic rings. The van der Waals surface area contributed by atoms with E-state index in [0.29, 0.717) is 29.8 Å². The van der Waals surface area contributed by atoms with Gasteiger partial charge >= 0.3 is 5.97 Å². The molecule has 2 rings (SSSR count). The lowest BCUT2D eigenvalue weighted by Gasteiger charge is -2.33. The molecule has 1 saturated heterocycles. The Morgan fingerprint density at radius 1 is 1.30 bits per heavy atom. The maximum absolute atomic E-state index is 12.6. The number of carboxylic acids is 1. The molecular weight excluding hydrogens is 298 g/mol. The highest BCUT2D eigenvalue weighted by atomic mass is 16.5. The molecule has 1 N–H and O–H groups in total. The number of rotatable bonds is 5. The fraction of sp³-hybridized carbons (Fsp3) is 0.471. The van der Waals surface area contributed by atoms with Gasteiger partial charge in [-0.15, -0.1) is 0 Å². The fourth-order valence-electron chi connectivity index (χ4n) is 2.89. The minimum atomic E-state index is -0.970. The minimum Gasteiger partial charge on any atom is -0.496 e. The largest absolute Gasteiger partial charge is 0.496 e. The average molecular weight is 319 g/mol. The van der Waals surface area contributed by atoms with Crippen LogP contribution < -0.4 is 4.74 Å². The zero-order valence-corrected chi connectivity index (χ0v) is 13.4. The van der Waals surface area contributed by atoms with Crippen molar-refractivity contribution >= 4 is 17.7 Å². The Bertz CT molecular complexity index is 625. The highest BCUT2D eigenvalue weighted by Crippen LogP contribution is 2.24. The second-order valence-electron chi connectivity index (χ2n) is 5.70. The Balaban J connectivity index is 2.23. The molecule has 0 aliphatic carbocycles. The van der Waals surface area contributed by atoms with Crippen molar-refractivity contribution in [2.45, 2.75) is 38.6 Å². The molecule has 1 aliphatic heterocycles. The number of nitrogens with zero attached hydrogens (tertiary/aromatic N) is 1. The van der Waals surface area contributed by atoms with E-state index in [4.69, 9.17) is 4.74 Å². The van der Waals surface area contributed by atoms with Crippen LogP contribution in [0.25, 0.3) is 0 Å². The second-order valence-corrected chi connectivity index (χ2v) is 5.70. The highest BCUT2D eigenvalue weighted by Gasteiger charge is 2.32. The van der Waals surface area contributed by atoms with Crippen molar-refractivity contribution in [1.29, 1.82) is 0 Å². The van der Waals surface area contributed by atoms with Crippen molar-refractivity contribution in [3.05, 3.63) is 29.3 Å². The summed E-state index contributed by atoms with van der Waals surface area (Å²) in [4.78, 5) is 36.8. The molecule has 0 bridgehead atoms. The molecule has 0 aromatic heterocycles. The van der Waals surface area contributed by atoms with Crippen molar-refractivity contribution in [2.24, 2.45) is 0 Å². The number of hydrogen-bond acceptors (Lipinski definition) is 4. The molecule has 1 aromatic rings. The predicted molar refractivity (Wildman–Crippen MR) is 83.7 cm³/mol. The van der Waals surface area contributed by atoms with Crippen LogP contribution in [0.2, 0.25) is 0 Å². The van der Waals surface area contributed by atoms with E-state index >= 15 is 0 Å². The number of amides is 1. The van der Waals surface area contributed by atoms with Crippen LogP contribution in [-0.4, -0.2) is 47.4 Å². The minimum absolute atomic E-state index is 0.0219. The topological polar surface area (TPSA) is 83.9 Å². The van der Waals surface area contributed by atoms with Gasteiger partial charge in [-0.2, -0.15) is 0 Å². The summed E-state index contributed by atoms with van der Waals surface area (Å²) in [5.41, 5.74) is 1.10. The highest BCUT2D eigenvalue weighted by molar-refractivity contribution is 5.95. The number of piperidine rings is 1. The molecule has 0 saturated carbocycles. The first kappa shape index (κ1) is 17.0. The van der Waals surface area contributed by atoms with E-state index in [0.717, 1.165) is 12.8 Å². The Morgan fingerprint density at radius 3 is 2.65 bits per heavy atom. The number of benzene rings is 1. The Hall–Kier alpha value is -2.37. The number of carboxylic acid groups (broad SMARTS) is 1. The van der Waals surface area contributed by atoms with Crippen LogP contribution in [0.1, 0.15) is 42.1 Å². The van der Waals surface area contributed by atoms with E-state index in [-0.39, 0.29) is 18.1 Å². The number of aliphatic carboxylic acids is 1. The first-order valence-electron chi connectivity index (χ1n) is 7.64. The van der Waals surface area contributed by atoms with Gasteiger partial charge in [0.1, 0.15) is 11.8 Å². The molecule has 1 atom stereocenters. The standard InChI is InChI=1S/C17H21NO5/c1-11(19)12-6-7-15(23-2)13(9-12)10-16(20)18-8-4-3-5-14(18)17(21)22/h6-7,9,14H,3-5,8,10H2,1-2H3,(H,21,22). The maximum Gasteiger partial charge on any atom is 0.326 e. The number of carbonyl (C=O) groups is 3. The van der Waals surface area contributed by atoms with Crippen LogP contribution in [0.5, 0.6) is 5.75 Å². The SMILES string of the molecule is COc1ccc(C(C)=O)cc1CC(=O)N1CCCCC1C(=O)O. The van der Waals surface area contributed by atoms with Gasteiger partial charge in [-0.3, -0.25) is 9.59 Å². The van der Waals surface area contributed by atoms with Gasteiger partial charge in [0.25, 0.3) is 0 Å². The Morgan fingerprint density at radius 2 is 2.04 bits per heavy atom. The average Bonchev–Trinajstić information content (AvgIpc) is 2.54. The van der Waals surface area contributed by atoms with Crippen LogP contribution >= 0.6 is 0 Å². The van der Waals surface area contributed by atoms with E-state index in [1.807, 2.05) is 0 Å². The first-order valence-corrected chi connectivity index (χ1v) is 7.64. The summed E-state index contributed by atoms with van der Waals surface area (Å²) in [7, 11) is 1.50. The van der Waals surface area contributed by atoms with Crippen LogP contribution in [-0.2, 0) is 16.0 Å². The number of likely N-dealkylation sites (tertiary alicyclic amines) is 1. The molecule has 1 heterocycles. The van der Waals surface area contributed by atoms with E-state index in [2.05, 4.69) is 0 Å². The van der Waals surface area contributed by atoms with Gasteiger partial charge in [0.05, 0.1) is 13.5 Å². The van der Waals surface area contributed by atoms with Crippen LogP contribution in [0.15, 0.2) is 18.2 Å². The second kappa shape index (κ2) is 7.26. The number of hydrogen-bond donors (Lipinski definition) is 1. The molecule has 23 heavy (non-hydrogen) atoms. The lowest BCUT2D eigenvalue weighted by Crippen LogP contribution is -2.48. The van der Waals surface area contributed by atoms with Crippen molar-refractivity contribution in [3.8, 4) is 5.75 Å². The Kier molecular flexibility index (Phi) is 5.36. The van der Waals surface area contributed by atoms with E-state index < -0.39 is 12.0 Å². The van der Waals surface area contributed by atoms with Crippen LogP contribution in [0, 0.1) is 0 Å². The lowest BCUT2D eigenvalue weighted by atomic mass is 9.99. The zero-order valence-electron chi connectivity index (χ0n) is 13.4. The number of ether oxygens (including phenoxy) is 1. The third kappa shape index (κ3) is 3.88. The number of ketones is 1. The van der Waals surface area contributed by atoms with Gasteiger partial charge in [0, 0.05) is 17.7 Å². The quantitative estimate of drug-likeness (QED) is 0.838. The van der Waals surface area contributed by atoms with Gasteiger partial charge in [-0.25, -0.2) is 4.79 Å². The van der Waals surface area contributed by atoms with E-state index in [1.165, 1.54) is 18.9 Å². The molecule has 0 spiro atoms. The molecule has 6 heteroatoms. The zero-order chi connectivity index (χ0) is 17.0. The summed E-state index contributed by atoms with van der Waals surface area (Å²) < 4.78 is 5.24. The van der Waals surface area contributed by atoms with Crippen molar-refractivity contribution in [2.75, 3.05) is 13.7 Å². The molecule has 124 valence electrons. The lowest BCUT2D eigenvalue weighted by molar-refractivity contribution is -0.151. The fourth-order valence-corrected chi connectivity index (χ4v) is 2.89. The smallest absolute Gasteiger partial charge is 0.326 e. The third-order valence-corrected chi connectivity index (χ3v) is 4.14. The molecule has 1 unspecified atom stereocenters. The Labute approximate surface area is 135 Å². The molecule has 1 aromatic carbocycles. The third-order valence-electron chi connectivity index (χ3n) is 4.14. The van der Waals surface area contributed by atoms with Gasteiger partial charge in [0.15, 0.2) is 5.78 Å². The van der Waals surface area contributed by atoms with Crippen LogP contribution in [0.4, 0.5) is 0 Å². The summed E-state index contributed by atoms with van der Waals surface area (Å²) in [6.07, 6.45) is 2.11. The molecule has 1 fully saturated rings. The molecule has 1 amide bonds. The summed E-state index contributed by atoms with van der Waals surface area (Å²) in [5.74, 6) is -0.798. The van der Waals surface area contributed by atoms with Gasteiger partial charge in [-0.05, 0) is 44.4 Å². The van der Waals surface area contributed by atoms with Crippen molar-refractivity contribution in [3.63, 3.8) is 0 Å². The molecule has 0 radical (unpaired) electrons. The number of carbonyl (C=O) groups excluding carboxylic acids is 2. The van der Waals surface area contributed by atoms with Gasteiger partial charge in [0.2, 0.25) is 5.91 Å². The normalized spacial score (nSPS) is 17.7. The summed E-state index contributed by atoms with van der Waals surface area (Å²) >= 11 is 0. The molecule has 6 nitrogen and oxygen atoms in total. The monoisotopic (exact) mass is 319 g/mol. The summed E-state index contributed by atoms with van der Waals surface area (Å²) in [6, 6.07) is 4.18. The van der Waals surface area contributed by atoms with Gasteiger partial charge in [-0.1, -0.05) is 0 Å². The van der Waals surface area contributed by atoms with Crippen LogP contribution in [0.3, 0.4) is 0 Å². The van der Waals surface area contributed by atoms with E-state index in [9.17, 15) is 19.5 Å². The maximum atomic E-state index is 12.6. The number of Topliss-reactive ketones (excluding diaryl/α,β-unsaturated/α-hetero) is 1. The van der Waals surface area contributed by atoms with Crippen molar-refractivity contribution < 1.29 is 24.2 Å². The predicted octanol–water partition coefficient (Wildman–Crippen LogP) is 1.91.